The molecule has 6 rings (SSSR count). The summed E-state index contributed by atoms with van der Waals surface area (Å²) in [4.78, 5) is 11.6. The van der Waals surface area contributed by atoms with Gasteiger partial charge in [0, 0.05) is 18.2 Å². The zero-order chi connectivity index (χ0) is 23.6. The van der Waals surface area contributed by atoms with Gasteiger partial charge >= 0.3 is 0 Å². The second kappa shape index (κ2) is 9.64. The maximum atomic E-state index is 6.37. The van der Waals surface area contributed by atoms with Crippen molar-refractivity contribution in [2.75, 3.05) is 31.9 Å². The van der Waals surface area contributed by atoms with Crippen molar-refractivity contribution >= 4 is 16.9 Å². The third kappa shape index (κ3) is 4.47. The second-order valence-electron chi connectivity index (χ2n) is 9.46. The highest BCUT2D eigenvalue weighted by Gasteiger charge is 2.30. The van der Waals surface area contributed by atoms with Gasteiger partial charge in [0.25, 0.3) is 0 Å². The molecule has 1 unspecified atom stereocenters. The minimum absolute atomic E-state index is 0.268. The number of fused-ring (bicyclic) bond motifs is 1. The van der Waals surface area contributed by atoms with Crippen LogP contribution in [0.4, 0.5) is 5.82 Å². The quantitative estimate of drug-likeness (QED) is 0.451. The van der Waals surface area contributed by atoms with E-state index in [1.165, 1.54) is 12.8 Å². The van der Waals surface area contributed by atoms with E-state index >= 15 is 0 Å². The van der Waals surface area contributed by atoms with Crippen LogP contribution in [0.3, 0.4) is 0 Å². The van der Waals surface area contributed by atoms with Gasteiger partial charge in [-0.05, 0) is 81.7 Å². The van der Waals surface area contributed by atoms with E-state index in [1.807, 2.05) is 54.6 Å². The number of benzene rings is 2. The summed E-state index contributed by atoms with van der Waals surface area (Å²) in [6.07, 6.45) is 6.22. The number of ether oxygens (including phenoxy) is 1. The minimum atomic E-state index is 0.268. The molecule has 180 valence electrons. The predicted octanol–water partition coefficient (Wildman–Crippen LogP) is 4.26. The van der Waals surface area contributed by atoms with Crippen molar-refractivity contribution in [2.24, 2.45) is 0 Å². The lowest BCUT2D eigenvalue weighted by molar-refractivity contribution is 0.103. The molecule has 2 saturated heterocycles. The average Bonchev–Trinajstić information content (AvgIpc) is 3.31. The van der Waals surface area contributed by atoms with Crippen LogP contribution in [0.15, 0.2) is 60.9 Å². The molecule has 2 aliphatic rings. The summed E-state index contributed by atoms with van der Waals surface area (Å²) in [7, 11) is 0. The van der Waals surface area contributed by atoms with Crippen molar-refractivity contribution < 1.29 is 4.74 Å². The van der Waals surface area contributed by atoms with Crippen LogP contribution in [0, 0.1) is 0 Å². The normalized spacial score (nSPS) is 19.7. The standard InChI is InChI=1S/C27H31N7O/c28-26-24-25(19-8-10-23(11-9-19)35-22-6-2-1-3-7-22)32-34(27(24)31-18-30-26)21-5-4-16-33(17-21)20-12-14-29-15-13-20/h1-3,6-11,18,20-21,29H,4-5,12-17H2,(H2,28,30,31). The Bertz CT molecular complexity index is 1280. The topological polar surface area (TPSA) is 94.1 Å². The Hall–Kier alpha value is -3.49. The summed E-state index contributed by atoms with van der Waals surface area (Å²) in [6, 6.07) is 18.7. The lowest BCUT2D eigenvalue weighted by Crippen LogP contribution is -2.47. The van der Waals surface area contributed by atoms with Crippen LogP contribution in [0.25, 0.3) is 22.3 Å². The summed E-state index contributed by atoms with van der Waals surface area (Å²) >= 11 is 0. The van der Waals surface area contributed by atoms with E-state index in [2.05, 4.69) is 24.9 Å². The van der Waals surface area contributed by atoms with Gasteiger partial charge in [-0.15, -0.1) is 0 Å². The number of nitrogens with two attached hydrogens (primary N) is 1. The van der Waals surface area contributed by atoms with Crippen molar-refractivity contribution in [1.82, 2.24) is 30.0 Å². The Labute approximate surface area is 205 Å². The molecule has 4 heterocycles. The van der Waals surface area contributed by atoms with Gasteiger partial charge in [0.15, 0.2) is 5.65 Å². The molecule has 0 spiro atoms. The van der Waals surface area contributed by atoms with Crippen molar-refractivity contribution in [3.05, 3.63) is 60.9 Å². The summed E-state index contributed by atoms with van der Waals surface area (Å²) < 4.78 is 8.07. The number of aromatic nitrogens is 4. The zero-order valence-corrected chi connectivity index (χ0v) is 19.8. The Morgan fingerprint density at radius 3 is 2.46 bits per heavy atom. The van der Waals surface area contributed by atoms with Gasteiger partial charge in [0.05, 0.1) is 11.4 Å². The highest BCUT2D eigenvalue weighted by Crippen LogP contribution is 2.35. The molecule has 0 radical (unpaired) electrons. The number of nitrogens with zero attached hydrogens (tertiary/aromatic N) is 5. The van der Waals surface area contributed by atoms with Gasteiger partial charge in [0.1, 0.15) is 29.3 Å². The molecule has 2 aromatic carbocycles. The first kappa shape index (κ1) is 22.0. The molecule has 4 aromatic rings. The first-order valence-electron chi connectivity index (χ1n) is 12.5. The number of nitrogen functional groups attached to an aromatic ring is 1. The molecular weight excluding hydrogens is 438 g/mol. The first-order valence-corrected chi connectivity index (χ1v) is 12.5. The molecule has 0 amide bonds. The smallest absolute Gasteiger partial charge is 0.164 e. The van der Waals surface area contributed by atoms with E-state index in [0.717, 1.165) is 72.8 Å². The van der Waals surface area contributed by atoms with Crippen molar-refractivity contribution in [1.29, 1.82) is 0 Å². The van der Waals surface area contributed by atoms with Crippen LogP contribution in [0.1, 0.15) is 31.7 Å². The van der Waals surface area contributed by atoms with E-state index in [-0.39, 0.29) is 6.04 Å². The van der Waals surface area contributed by atoms with Crippen LogP contribution < -0.4 is 15.8 Å². The van der Waals surface area contributed by atoms with E-state index in [9.17, 15) is 0 Å². The van der Waals surface area contributed by atoms with Gasteiger partial charge in [-0.1, -0.05) is 18.2 Å². The lowest BCUT2D eigenvalue weighted by atomic mass is 9.99. The summed E-state index contributed by atoms with van der Waals surface area (Å²) in [6.45, 7) is 4.37. The molecule has 0 bridgehead atoms. The first-order chi connectivity index (χ1) is 17.3. The number of nitrogens with one attached hydrogen (secondary N) is 1. The number of para-hydroxylation sites is 1. The maximum Gasteiger partial charge on any atom is 0.164 e. The Balaban J connectivity index is 1.31. The van der Waals surface area contributed by atoms with Crippen LogP contribution in [0.5, 0.6) is 11.5 Å². The second-order valence-corrected chi connectivity index (χ2v) is 9.46. The van der Waals surface area contributed by atoms with Crippen LogP contribution in [-0.2, 0) is 0 Å². The zero-order valence-electron chi connectivity index (χ0n) is 19.8. The molecule has 8 heteroatoms. The molecule has 0 aliphatic carbocycles. The predicted molar refractivity (Wildman–Crippen MR) is 137 cm³/mol. The van der Waals surface area contributed by atoms with Crippen LogP contribution in [0.2, 0.25) is 0 Å². The number of hydrogen-bond acceptors (Lipinski definition) is 7. The summed E-state index contributed by atoms with van der Waals surface area (Å²) in [5.41, 5.74) is 8.98. The minimum Gasteiger partial charge on any atom is -0.457 e. The summed E-state index contributed by atoms with van der Waals surface area (Å²) in [5, 5.41) is 9.40. The SMILES string of the molecule is Nc1ncnc2c1c(-c1ccc(Oc3ccccc3)cc1)nn2C1CCCN(C2CCNCC2)C1. The largest absolute Gasteiger partial charge is 0.457 e. The highest BCUT2D eigenvalue weighted by molar-refractivity contribution is 5.98. The molecule has 2 aliphatic heterocycles. The molecule has 2 aromatic heterocycles. The fourth-order valence-electron chi connectivity index (χ4n) is 5.44. The van der Waals surface area contributed by atoms with E-state index in [4.69, 9.17) is 15.6 Å². The third-order valence-electron chi connectivity index (χ3n) is 7.22. The van der Waals surface area contributed by atoms with Crippen molar-refractivity contribution in [3.63, 3.8) is 0 Å². The fraction of sp³-hybridized carbons (Fsp3) is 0.370. The molecule has 0 saturated carbocycles. The van der Waals surface area contributed by atoms with Crippen molar-refractivity contribution in [3.8, 4) is 22.8 Å². The van der Waals surface area contributed by atoms with Gasteiger partial charge in [0.2, 0.25) is 0 Å². The Morgan fingerprint density at radius 2 is 1.66 bits per heavy atom. The number of rotatable bonds is 5. The van der Waals surface area contributed by atoms with Gasteiger partial charge in [-0.3, -0.25) is 4.90 Å². The van der Waals surface area contributed by atoms with Gasteiger partial charge in [-0.2, -0.15) is 5.10 Å². The van der Waals surface area contributed by atoms with Crippen LogP contribution >= 0.6 is 0 Å². The van der Waals surface area contributed by atoms with E-state index < -0.39 is 0 Å². The van der Waals surface area contributed by atoms with Gasteiger partial charge < -0.3 is 15.8 Å². The number of likely N-dealkylation sites (tertiary alicyclic amines) is 1. The number of hydrogen-bond donors (Lipinski definition) is 2. The highest BCUT2D eigenvalue weighted by atomic mass is 16.5. The molecule has 1 atom stereocenters. The summed E-state index contributed by atoms with van der Waals surface area (Å²) in [5.74, 6) is 2.05. The molecule has 3 N–H and O–H groups in total. The molecule has 35 heavy (non-hydrogen) atoms. The number of piperidine rings is 2. The average molecular weight is 470 g/mol. The molecular formula is C27H31N7O. The lowest BCUT2D eigenvalue weighted by Gasteiger charge is -2.40. The molecule has 2 fully saturated rings. The third-order valence-corrected chi connectivity index (χ3v) is 7.22. The number of anilines is 1. The monoisotopic (exact) mass is 469 g/mol. The van der Waals surface area contributed by atoms with Gasteiger partial charge in [-0.25, -0.2) is 14.6 Å². The fourth-order valence-corrected chi connectivity index (χ4v) is 5.44. The Morgan fingerprint density at radius 1 is 0.886 bits per heavy atom. The Kier molecular flexibility index (Phi) is 6.06. The molecule has 8 nitrogen and oxygen atoms in total. The van der Waals surface area contributed by atoms with Crippen molar-refractivity contribution in [2.45, 2.75) is 37.8 Å². The van der Waals surface area contributed by atoms with E-state index in [1.54, 1.807) is 6.33 Å². The van der Waals surface area contributed by atoms with E-state index in [0.29, 0.717) is 11.9 Å². The maximum absolute atomic E-state index is 6.37. The van der Waals surface area contributed by atoms with Crippen LogP contribution in [-0.4, -0.2) is 56.9 Å².